The van der Waals surface area contributed by atoms with Crippen LogP contribution in [0.25, 0.3) is 11.3 Å². The van der Waals surface area contributed by atoms with Crippen molar-refractivity contribution in [2.24, 2.45) is 5.73 Å². The van der Waals surface area contributed by atoms with Crippen LogP contribution in [0, 0.1) is 0 Å². The zero-order valence-electron chi connectivity index (χ0n) is 9.13. The summed E-state index contributed by atoms with van der Waals surface area (Å²) in [6.45, 7) is 0.699. The second-order valence-corrected chi connectivity index (χ2v) is 3.65. The molecule has 1 aromatic heterocycles. The Morgan fingerprint density at radius 3 is 2.62 bits per heavy atom. The van der Waals surface area contributed by atoms with Crippen molar-refractivity contribution in [2.75, 3.05) is 6.54 Å². The highest BCUT2D eigenvalue weighted by molar-refractivity contribution is 5.58. The van der Waals surface area contributed by atoms with E-state index in [1.54, 1.807) is 6.33 Å². The molecular formula is C13H15N3. The Hall–Kier alpha value is -1.74. The van der Waals surface area contributed by atoms with Gasteiger partial charge in [0.25, 0.3) is 0 Å². The molecule has 2 rings (SSSR count). The molecule has 0 spiro atoms. The SMILES string of the molecule is NCCCc1cc(-c2ccccc2)ncn1. The first kappa shape index (κ1) is 10.8. The molecule has 3 nitrogen and oxygen atoms in total. The topological polar surface area (TPSA) is 51.8 Å². The summed E-state index contributed by atoms with van der Waals surface area (Å²) in [7, 11) is 0. The van der Waals surface area contributed by atoms with Crippen LogP contribution >= 0.6 is 0 Å². The highest BCUT2D eigenvalue weighted by atomic mass is 14.8. The number of hydrogen-bond donors (Lipinski definition) is 1. The van der Waals surface area contributed by atoms with E-state index in [-0.39, 0.29) is 0 Å². The monoisotopic (exact) mass is 213 g/mol. The fourth-order valence-corrected chi connectivity index (χ4v) is 1.58. The van der Waals surface area contributed by atoms with Crippen LogP contribution in [0.15, 0.2) is 42.7 Å². The molecular weight excluding hydrogens is 198 g/mol. The van der Waals surface area contributed by atoms with Crippen LogP contribution in [0.4, 0.5) is 0 Å². The summed E-state index contributed by atoms with van der Waals surface area (Å²) in [5.41, 5.74) is 8.64. The zero-order valence-corrected chi connectivity index (χ0v) is 9.13. The van der Waals surface area contributed by atoms with Crippen molar-refractivity contribution in [3.63, 3.8) is 0 Å². The Morgan fingerprint density at radius 1 is 1.06 bits per heavy atom. The van der Waals surface area contributed by atoms with Gasteiger partial charge >= 0.3 is 0 Å². The molecule has 0 saturated carbocycles. The van der Waals surface area contributed by atoms with E-state index in [1.807, 2.05) is 24.3 Å². The standard InChI is InChI=1S/C13H15N3/c14-8-4-7-12-9-13(16-10-15-12)11-5-2-1-3-6-11/h1-3,5-6,9-10H,4,7-8,14H2. The van der Waals surface area contributed by atoms with E-state index in [0.29, 0.717) is 6.54 Å². The number of nitrogens with two attached hydrogens (primary N) is 1. The fraction of sp³-hybridized carbons (Fsp3) is 0.231. The average Bonchev–Trinajstić information content (AvgIpc) is 2.38. The van der Waals surface area contributed by atoms with Crippen LogP contribution in [-0.2, 0) is 6.42 Å². The van der Waals surface area contributed by atoms with E-state index in [4.69, 9.17) is 5.73 Å². The van der Waals surface area contributed by atoms with E-state index in [9.17, 15) is 0 Å². The molecule has 82 valence electrons. The molecule has 16 heavy (non-hydrogen) atoms. The van der Waals surface area contributed by atoms with Gasteiger partial charge in [-0.15, -0.1) is 0 Å². The zero-order chi connectivity index (χ0) is 11.2. The number of nitrogens with zero attached hydrogens (tertiary/aromatic N) is 2. The summed E-state index contributed by atoms with van der Waals surface area (Å²) < 4.78 is 0. The Labute approximate surface area is 95.4 Å². The molecule has 1 aromatic carbocycles. The molecule has 0 aliphatic carbocycles. The third kappa shape index (κ3) is 2.64. The highest BCUT2D eigenvalue weighted by Gasteiger charge is 2.00. The summed E-state index contributed by atoms with van der Waals surface area (Å²) in [4.78, 5) is 8.51. The molecule has 0 radical (unpaired) electrons. The first-order chi connectivity index (χ1) is 7.90. The Morgan fingerprint density at radius 2 is 1.88 bits per heavy atom. The van der Waals surface area contributed by atoms with E-state index in [0.717, 1.165) is 29.8 Å². The lowest BCUT2D eigenvalue weighted by molar-refractivity contribution is 0.806. The molecule has 0 fully saturated rings. The number of rotatable bonds is 4. The molecule has 0 aliphatic rings. The smallest absolute Gasteiger partial charge is 0.116 e. The molecule has 0 atom stereocenters. The molecule has 1 heterocycles. The van der Waals surface area contributed by atoms with Crippen molar-refractivity contribution in [3.05, 3.63) is 48.4 Å². The molecule has 2 aromatic rings. The van der Waals surface area contributed by atoms with Crippen LogP contribution < -0.4 is 5.73 Å². The van der Waals surface area contributed by atoms with Crippen LogP contribution in [0.1, 0.15) is 12.1 Å². The van der Waals surface area contributed by atoms with Gasteiger partial charge < -0.3 is 5.73 Å². The third-order valence-electron chi connectivity index (χ3n) is 2.43. The van der Waals surface area contributed by atoms with Gasteiger partial charge in [0.15, 0.2) is 0 Å². The number of hydrogen-bond acceptors (Lipinski definition) is 3. The van der Waals surface area contributed by atoms with Gasteiger partial charge in [0, 0.05) is 11.3 Å². The minimum atomic E-state index is 0.699. The van der Waals surface area contributed by atoms with Crippen molar-refractivity contribution >= 4 is 0 Å². The van der Waals surface area contributed by atoms with Crippen LogP contribution in [0.2, 0.25) is 0 Å². The second kappa shape index (κ2) is 5.37. The summed E-state index contributed by atoms with van der Waals surface area (Å²) >= 11 is 0. The van der Waals surface area contributed by atoms with Gasteiger partial charge in [0.05, 0.1) is 5.69 Å². The molecule has 2 N–H and O–H groups in total. The quantitative estimate of drug-likeness (QED) is 0.845. The molecule has 0 unspecified atom stereocenters. The molecule has 0 aliphatic heterocycles. The van der Waals surface area contributed by atoms with Crippen LogP contribution in [-0.4, -0.2) is 16.5 Å². The highest BCUT2D eigenvalue weighted by Crippen LogP contribution is 2.16. The van der Waals surface area contributed by atoms with Gasteiger partial charge in [-0.05, 0) is 25.5 Å². The van der Waals surface area contributed by atoms with Gasteiger partial charge in [-0.2, -0.15) is 0 Å². The van der Waals surface area contributed by atoms with Gasteiger partial charge in [0.1, 0.15) is 6.33 Å². The lowest BCUT2D eigenvalue weighted by atomic mass is 10.1. The van der Waals surface area contributed by atoms with Gasteiger partial charge in [-0.25, -0.2) is 9.97 Å². The van der Waals surface area contributed by atoms with E-state index in [2.05, 4.69) is 22.1 Å². The van der Waals surface area contributed by atoms with E-state index in [1.165, 1.54) is 0 Å². The van der Waals surface area contributed by atoms with Crippen molar-refractivity contribution in [1.82, 2.24) is 9.97 Å². The van der Waals surface area contributed by atoms with Crippen LogP contribution in [0.5, 0.6) is 0 Å². The largest absolute Gasteiger partial charge is 0.330 e. The molecule has 0 saturated heterocycles. The Bertz CT molecular complexity index is 440. The number of aromatic nitrogens is 2. The average molecular weight is 213 g/mol. The van der Waals surface area contributed by atoms with Crippen molar-refractivity contribution in [2.45, 2.75) is 12.8 Å². The molecule has 0 bridgehead atoms. The van der Waals surface area contributed by atoms with Crippen molar-refractivity contribution < 1.29 is 0 Å². The Kier molecular flexibility index (Phi) is 3.62. The normalized spacial score (nSPS) is 10.3. The van der Waals surface area contributed by atoms with E-state index < -0.39 is 0 Å². The van der Waals surface area contributed by atoms with Gasteiger partial charge in [0.2, 0.25) is 0 Å². The van der Waals surface area contributed by atoms with E-state index >= 15 is 0 Å². The lowest BCUT2D eigenvalue weighted by Gasteiger charge is -2.03. The van der Waals surface area contributed by atoms with Crippen molar-refractivity contribution in [3.8, 4) is 11.3 Å². The first-order valence-corrected chi connectivity index (χ1v) is 5.46. The minimum Gasteiger partial charge on any atom is -0.330 e. The lowest BCUT2D eigenvalue weighted by Crippen LogP contribution is -2.02. The fourth-order valence-electron chi connectivity index (χ4n) is 1.58. The second-order valence-electron chi connectivity index (χ2n) is 3.65. The maximum absolute atomic E-state index is 5.48. The minimum absolute atomic E-state index is 0.699. The summed E-state index contributed by atoms with van der Waals surface area (Å²) in [6, 6.07) is 12.2. The Balaban J connectivity index is 2.22. The first-order valence-electron chi connectivity index (χ1n) is 5.46. The van der Waals surface area contributed by atoms with Crippen LogP contribution in [0.3, 0.4) is 0 Å². The summed E-state index contributed by atoms with van der Waals surface area (Å²) in [5, 5.41) is 0. The predicted molar refractivity (Wildman–Crippen MR) is 64.8 cm³/mol. The maximum Gasteiger partial charge on any atom is 0.116 e. The predicted octanol–water partition coefficient (Wildman–Crippen LogP) is 2.03. The summed E-state index contributed by atoms with van der Waals surface area (Å²) in [6.07, 6.45) is 3.50. The van der Waals surface area contributed by atoms with Gasteiger partial charge in [-0.1, -0.05) is 30.3 Å². The molecule has 0 amide bonds. The number of aryl methyl sites for hydroxylation is 1. The maximum atomic E-state index is 5.48. The molecule has 3 heteroatoms. The number of benzene rings is 1. The third-order valence-corrected chi connectivity index (χ3v) is 2.43. The summed E-state index contributed by atoms with van der Waals surface area (Å²) in [5.74, 6) is 0. The van der Waals surface area contributed by atoms with Crippen molar-refractivity contribution in [1.29, 1.82) is 0 Å². The van der Waals surface area contributed by atoms with Gasteiger partial charge in [-0.3, -0.25) is 0 Å².